The standard InChI is InChI=1S/C16H15NO3Se/c1-11-5-12(2)7-13(6-11)10-21-16-4-3-15(17(19)20)8-14(16)9-18/h3-9H,10H2,1-2H3. The molecule has 2 aromatic carbocycles. The van der Waals surface area contributed by atoms with E-state index in [1.807, 2.05) is 0 Å². The van der Waals surface area contributed by atoms with E-state index < -0.39 is 4.92 Å². The summed E-state index contributed by atoms with van der Waals surface area (Å²) < 4.78 is 0.905. The zero-order valence-electron chi connectivity index (χ0n) is 11.8. The Morgan fingerprint density at radius 3 is 2.38 bits per heavy atom. The van der Waals surface area contributed by atoms with Crippen LogP contribution >= 0.6 is 0 Å². The summed E-state index contributed by atoms with van der Waals surface area (Å²) in [4.78, 5) is 21.4. The summed E-state index contributed by atoms with van der Waals surface area (Å²) >= 11 is 0.0750. The second kappa shape index (κ2) is 6.66. The maximum absolute atomic E-state index is 11.1. The van der Waals surface area contributed by atoms with Gasteiger partial charge in [0.1, 0.15) is 0 Å². The molecule has 0 heterocycles. The van der Waals surface area contributed by atoms with Crippen molar-refractivity contribution in [2.75, 3.05) is 0 Å². The predicted octanol–water partition coefficient (Wildman–Crippen LogP) is 2.55. The Morgan fingerprint density at radius 2 is 1.81 bits per heavy atom. The molecular weight excluding hydrogens is 333 g/mol. The molecule has 0 N–H and O–H groups in total. The number of aldehydes is 1. The number of non-ortho nitro benzene ring substituents is 1. The number of nitro groups is 1. The summed E-state index contributed by atoms with van der Waals surface area (Å²) in [7, 11) is 0. The van der Waals surface area contributed by atoms with Crippen LogP contribution in [0.5, 0.6) is 0 Å². The van der Waals surface area contributed by atoms with Crippen LogP contribution in [0.4, 0.5) is 5.69 Å². The molecule has 0 fully saturated rings. The van der Waals surface area contributed by atoms with Crippen molar-refractivity contribution in [2.45, 2.75) is 19.2 Å². The number of carbonyl (C=O) groups is 1. The third kappa shape index (κ3) is 4.00. The number of hydrogen-bond donors (Lipinski definition) is 0. The van der Waals surface area contributed by atoms with Crippen molar-refractivity contribution in [1.82, 2.24) is 0 Å². The van der Waals surface area contributed by atoms with E-state index in [-0.39, 0.29) is 20.6 Å². The SMILES string of the molecule is Cc1cc(C)cc(C[Se]c2ccc([N+](=O)[O-])cc2C=O)c1. The quantitative estimate of drug-likeness (QED) is 0.361. The van der Waals surface area contributed by atoms with Crippen LogP contribution in [0, 0.1) is 24.0 Å². The molecule has 21 heavy (non-hydrogen) atoms. The molecule has 5 heteroatoms. The van der Waals surface area contributed by atoms with Crippen molar-refractivity contribution in [3.63, 3.8) is 0 Å². The number of hydrogen-bond acceptors (Lipinski definition) is 3. The molecular formula is C16H15NO3Se. The van der Waals surface area contributed by atoms with Crippen LogP contribution in [0.25, 0.3) is 0 Å². The Bertz CT molecular complexity index is 678. The summed E-state index contributed by atoms with van der Waals surface area (Å²) in [5.74, 6) is 0. The van der Waals surface area contributed by atoms with Gasteiger partial charge in [0.25, 0.3) is 0 Å². The molecule has 0 atom stereocenters. The van der Waals surface area contributed by atoms with Gasteiger partial charge in [0.05, 0.1) is 0 Å². The van der Waals surface area contributed by atoms with Gasteiger partial charge in [0.15, 0.2) is 0 Å². The monoisotopic (exact) mass is 349 g/mol. The van der Waals surface area contributed by atoms with Crippen LogP contribution in [0.2, 0.25) is 0 Å². The third-order valence-corrected chi connectivity index (χ3v) is 5.44. The molecule has 0 saturated carbocycles. The maximum atomic E-state index is 11.1. The van der Waals surface area contributed by atoms with Crippen LogP contribution < -0.4 is 4.46 Å². The van der Waals surface area contributed by atoms with Gasteiger partial charge < -0.3 is 0 Å². The van der Waals surface area contributed by atoms with Crippen LogP contribution in [-0.2, 0) is 5.32 Å². The van der Waals surface area contributed by atoms with Crippen molar-refractivity contribution in [2.24, 2.45) is 0 Å². The van der Waals surface area contributed by atoms with Crippen molar-refractivity contribution >= 4 is 31.4 Å². The van der Waals surface area contributed by atoms with Crippen LogP contribution in [-0.4, -0.2) is 26.2 Å². The van der Waals surface area contributed by atoms with E-state index in [1.54, 1.807) is 6.07 Å². The van der Waals surface area contributed by atoms with Crippen molar-refractivity contribution < 1.29 is 9.72 Å². The van der Waals surface area contributed by atoms with Gasteiger partial charge in [-0.1, -0.05) is 0 Å². The van der Waals surface area contributed by atoms with E-state index >= 15 is 0 Å². The van der Waals surface area contributed by atoms with Gasteiger partial charge >= 0.3 is 129 Å². The Kier molecular flexibility index (Phi) is 4.89. The van der Waals surface area contributed by atoms with Crippen molar-refractivity contribution in [1.29, 1.82) is 0 Å². The minimum atomic E-state index is -0.478. The first kappa shape index (κ1) is 15.4. The van der Waals surface area contributed by atoms with E-state index in [0.717, 1.165) is 9.78 Å². The number of nitro benzene ring substituents is 1. The van der Waals surface area contributed by atoms with Gasteiger partial charge in [-0.25, -0.2) is 0 Å². The fourth-order valence-electron chi connectivity index (χ4n) is 2.19. The molecule has 0 saturated heterocycles. The number of carbonyl (C=O) groups excluding carboxylic acids is 1. The summed E-state index contributed by atoms with van der Waals surface area (Å²) in [6.45, 7) is 4.12. The van der Waals surface area contributed by atoms with E-state index in [9.17, 15) is 14.9 Å². The Labute approximate surface area is 129 Å². The van der Waals surface area contributed by atoms with Crippen molar-refractivity contribution in [3.8, 4) is 0 Å². The van der Waals surface area contributed by atoms with Gasteiger partial charge in [-0.3, -0.25) is 0 Å². The molecule has 108 valence electrons. The van der Waals surface area contributed by atoms with Crippen molar-refractivity contribution in [3.05, 3.63) is 68.8 Å². The molecule has 0 aliphatic carbocycles. The summed E-state index contributed by atoms with van der Waals surface area (Å²) in [6.07, 6.45) is 0.700. The van der Waals surface area contributed by atoms with Gasteiger partial charge in [0, 0.05) is 0 Å². The second-order valence-electron chi connectivity index (χ2n) is 4.88. The number of aryl methyl sites for hydroxylation is 2. The fraction of sp³-hybridized carbons (Fsp3) is 0.188. The first-order valence-corrected chi connectivity index (χ1v) is 8.50. The Balaban J connectivity index is 2.19. The summed E-state index contributed by atoms with van der Waals surface area (Å²) in [5.41, 5.74) is 4.07. The van der Waals surface area contributed by atoms with Crippen LogP contribution in [0.1, 0.15) is 27.0 Å². The molecule has 0 spiro atoms. The van der Waals surface area contributed by atoms with Crippen LogP contribution in [0.3, 0.4) is 0 Å². The van der Waals surface area contributed by atoms with Gasteiger partial charge in [-0.2, -0.15) is 0 Å². The van der Waals surface area contributed by atoms with Gasteiger partial charge in [0.2, 0.25) is 0 Å². The Hall–Kier alpha value is -1.97. The number of rotatable bonds is 5. The molecule has 2 rings (SSSR count). The number of benzene rings is 2. The second-order valence-corrected chi connectivity index (χ2v) is 7.02. The van der Waals surface area contributed by atoms with E-state index in [4.69, 9.17) is 0 Å². The summed E-state index contributed by atoms with van der Waals surface area (Å²) in [6, 6.07) is 10.9. The molecule has 0 bridgehead atoms. The molecule has 0 amide bonds. The van der Waals surface area contributed by atoms with E-state index in [2.05, 4.69) is 32.0 Å². The van der Waals surface area contributed by atoms with Gasteiger partial charge in [-0.05, 0) is 0 Å². The van der Waals surface area contributed by atoms with E-state index in [1.165, 1.54) is 28.8 Å². The topological polar surface area (TPSA) is 60.2 Å². The molecule has 2 aromatic rings. The van der Waals surface area contributed by atoms with E-state index in [0.29, 0.717) is 11.8 Å². The molecule has 0 unspecified atom stereocenters. The van der Waals surface area contributed by atoms with Crippen LogP contribution in [0.15, 0.2) is 36.4 Å². The zero-order chi connectivity index (χ0) is 15.4. The molecule has 0 aliphatic rings. The molecule has 0 aliphatic heterocycles. The average Bonchev–Trinajstić information content (AvgIpc) is 2.43. The molecule has 0 aromatic heterocycles. The zero-order valence-corrected chi connectivity index (χ0v) is 13.5. The number of nitrogens with zero attached hydrogens (tertiary/aromatic N) is 1. The first-order chi connectivity index (χ1) is 9.99. The third-order valence-electron chi connectivity index (χ3n) is 3.01. The first-order valence-electron chi connectivity index (χ1n) is 6.43. The normalized spacial score (nSPS) is 10.4. The molecule has 4 nitrogen and oxygen atoms in total. The predicted molar refractivity (Wildman–Crippen MR) is 83.5 cm³/mol. The minimum absolute atomic E-state index is 0.0388. The fourth-order valence-corrected chi connectivity index (χ4v) is 4.13. The molecule has 0 radical (unpaired) electrons. The summed E-state index contributed by atoms with van der Waals surface area (Å²) in [5, 5.41) is 11.6. The van der Waals surface area contributed by atoms with Gasteiger partial charge in [-0.15, -0.1) is 0 Å². The average molecular weight is 348 g/mol. The Morgan fingerprint density at radius 1 is 1.14 bits per heavy atom.